The maximum Gasteiger partial charge on any atom is 0.345 e. The Morgan fingerprint density at radius 1 is 1.60 bits per heavy atom. The van der Waals surface area contributed by atoms with Crippen LogP contribution in [0.25, 0.3) is 0 Å². The lowest BCUT2D eigenvalue weighted by Crippen LogP contribution is -2.34. The quantitative estimate of drug-likeness (QED) is 0.863. The Balaban J connectivity index is 2.37. The van der Waals surface area contributed by atoms with E-state index in [4.69, 9.17) is 10.4 Å². The molecule has 0 amide bonds. The van der Waals surface area contributed by atoms with E-state index in [-0.39, 0.29) is 28.8 Å². The number of hydrogen-bond donors (Lipinski definition) is 1. The fraction of sp³-hybridized carbons (Fsp3) is 0.500. The summed E-state index contributed by atoms with van der Waals surface area (Å²) in [7, 11) is -3.72. The van der Waals surface area contributed by atoms with Crippen LogP contribution in [0.4, 0.5) is 0 Å². The minimum Gasteiger partial charge on any atom is -0.477 e. The van der Waals surface area contributed by atoms with Gasteiger partial charge in [0.05, 0.1) is 11.0 Å². The molecule has 20 heavy (non-hydrogen) atoms. The number of sulfonamides is 1. The van der Waals surface area contributed by atoms with E-state index in [2.05, 4.69) is 0 Å². The number of hydrogen-bond acceptors (Lipinski definition) is 5. The maximum atomic E-state index is 12.6. The predicted octanol–water partition coefficient (Wildman–Crippen LogP) is 1.82. The van der Waals surface area contributed by atoms with Crippen LogP contribution in [0.15, 0.2) is 11.0 Å². The van der Waals surface area contributed by atoms with Gasteiger partial charge in [-0.1, -0.05) is 0 Å². The van der Waals surface area contributed by atoms with Gasteiger partial charge in [0, 0.05) is 23.9 Å². The molecule has 1 heterocycles. The number of rotatable bonds is 6. The van der Waals surface area contributed by atoms with E-state index in [0.717, 1.165) is 24.2 Å². The highest BCUT2D eigenvalue weighted by Crippen LogP contribution is 2.35. The Kier molecular flexibility index (Phi) is 4.13. The lowest BCUT2D eigenvalue weighted by Gasteiger charge is -2.20. The Morgan fingerprint density at radius 3 is 2.70 bits per heavy atom. The summed E-state index contributed by atoms with van der Waals surface area (Å²) in [6.45, 7) is 1.75. The lowest BCUT2D eigenvalue weighted by molar-refractivity contribution is 0.0702. The molecule has 0 atom stereocenters. The Morgan fingerprint density at radius 2 is 2.25 bits per heavy atom. The number of nitrogens with zero attached hydrogens (tertiary/aromatic N) is 2. The van der Waals surface area contributed by atoms with Crippen molar-refractivity contribution in [2.45, 2.75) is 37.1 Å². The average molecular weight is 314 g/mol. The SMILES string of the molecule is Cc1sc(C(=O)O)cc1S(=O)(=O)N(CCC#N)C1CC1. The molecule has 0 spiro atoms. The van der Waals surface area contributed by atoms with Crippen molar-refractivity contribution in [2.24, 2.45) is 0 Å². The van der Waals surface area contributed by atoms with Gasteiger partial charge < -0.3 is 5.11 Å². The normalized spacial score (nSPS) is 15.2. The second-order valence-electron chi connectivity index (χ2n) is 4.59. The highest BCUT2D eigenvalue weighted by Gasteiger charge is 2.39. The summed E-state index contributed by atoms with van der Waals surface area (Å²) in [5, 5.41) is 17.6. The van der Waals surface area contributed by atoms with Crippen molar-refractivity contribution in [1.29, 1.82) is 5.26 Å². The fourth-order valence-electron chi connectivity index (χ4n) is 1.97. The Bertz CT molecular complexity index is 668. The molecule has 1 aliphatic carbocycles. The molecule has 0 aromatic carbocycles. The van der Waals surface area contributed by atoms with Gasteiger partial charge in [0.1, 0.15) is 4.88 Å². The molecule has 108 valence electrons. The summed E-state index contributed by atoms with van der Waals surface area (Å²) in [4.78, 5) is 11.5. The molecule has 0 aliphatic heterocycles. The number of carbonyl (C=O) groups is 1. The first-order valence-corrected chi connectivity index (χ1v) is 8.36. The first kappa shape index (κ1) is 15.0. The van der Waals surface area contributed by atoms with Crippen LogP contribution >= 0.6 is 11.3 Å². The van der Waals surface area contributed by atoms with Gasteiger partial charge in [-0.3, -0.25) is 0 Å². The zero-order valence-electron chi connectivity index (χ0n) is 10.9. The van der Waals surface area contributed by atoms with Crippen LogP contribution in [0.3, 0.4) is 0 Å². The highest BCUT2D eigenvalue weighted by molar-refractivity contribution is 7.89. The largest absolute Gasteiger partial charge is 0.477 e. The molecule has 1 aromatic heterocycles. The van der Waals surface area contributed by atoms with E-state index in [9.17, 15) is 13.2 Å². The van der Waals surface area contributed by atoms with Crippen LogP contribution < -0.4 is 0 Å². The molecule has 2 rings (SSSR count). The summed E-state index contributed by atoms with van der Waals surface area (Å²) in [6.07, 6.45) is 1.71. The van der Waals surface area contributed by atoms with E-state index >= 15 is 0 Å². The van der Waals surface area contributed by atoms with Gasteiger partial charge in [-0.25, -0.2) is 13.2 Å². The molecule has 6 nitrogen and oxygen atoms in total. The summed E-state index contributed by atoms with van der Waals surface area (Å²) in [5.41, 5.74) is 0. The molecular formula is C12H14N2O4S2. The van der Waals surface area contributed by atoms with Gasteiger partial charge >= 0.3 is 5.97 Å². The smallest absolute Gasteiger partial charge is 0.345 e. The van der Waals surface area contributed by atoms with Gasteiger partial charge in [-0.2, -0.15) is 9.57 Å². The van der Waals surface area contributed by atoms with Crippen molar-refractivity contribution in [3.63, 3.8) is 0 Å². The fourth-order valence-corrected chi connectivity index (χ4v) is 5.06. The minimum atomic E-state index is -3.72. The third-order valence-corrected chi connectivity index (χ3v) is 6.31. The van der Waals surface area contributed by atoms with Crippen molar-refractivity contribution in [3.05, 3.63) is 15.8 Å². The summed E-state index contributed by atoms with van der Waals surface area (Å²) in [6, 6.07) is 3.10. The number of nitriles is 1. The molecule has 8 heteroatoms. The molecule has 0 radical (unpaired) electrons. The molecule has 1 fully saturated rings. The van der Waals surface area contributed by atoms with Gasteiger partial charge in [0.25, 0.3) is 0 Å². The zero-order chi connectivity index (χ0) is 14.9. The first-order valence-electron chi connectivity index (χ1n) is 6.10. The lowest BCUT2D eigenvalue weighted by atomic mass is 10.4. The van der Waals surface area contributed by atoms with Gasteiger partial charge in [0.2, 0.25) is 10.0 Å². The highest BCUT2D eigenvalue weighted by atomic mass is 32.2. The molecule has 1 aromatic rings. The third kappa shape index (κ3) is 2.85. The predicted molar refractivity (Wildman–Crippen MR) is 73.2 cm³/mol. The topological polar surface area (TPSA) is 98.5 Å². The number of aryl methyl sites for hydroxylation is 1. The molecule has 0 saturated heterocycles. The Labute approximate surface area is 121 Å². The standard InChI is InChI=1S/C12H14N2O4S2/c1-8-11(7-10(19-8)12(15)16)20(17,18)14(6-2-5-13)9-3-4-9/h7,9H,2-4,6H2,1H3,(H,15,16). The summed E-state index contributed by atoms with van der Waals surface area (Å²) in [5.74, 6) is -1.13. The van der Waals surface area contributed by atoms with Crippen molar-refractivity contribution in [2.75, 3.05) is 6.54 Å². The van der Waals surface area contributed by atoms with Crippen molar-refractivity contribution in [3.8, 4) is 6.07 Å². The monoisotopic (exact) mass is 314 g/mol. The van der Waals surface area contributed by atoms with E-state index in [1.165, 1.54) is 10.4 Å². The second kappa shape index (κ2) is 5.52. The molecule has 1 N–H and O–H groups in total. The van der Waals surface area contributed by atoms with E-state index in [1.54, 1.807) is 6.92 Å². The summed E-state index contributed by atoms with van der Waals surface area (Å²) >= 11 is 0.952. The van der Waals surface area contributed by atoms with E-state index in [0.29, 0.717) is 4.88 Å². The van der Waals surface area contributed by atoms with Crippen LogP contribution in [0.2, 0.25) is 0 Å². The van der Waals surface area contributed by atoms with Crippen molar-refractivity contribution >= 4 is 27.3 Å². The molecule has 1 aliphatic rings. The number of aromatic carboxylic acids is 1. The van der Waals surface area contributed by atoms with E-state index in [1.807, 2.05) is 6.07 Å². The second-order valence-corrected chi connectivity index (χ2v) is 7.71. The minimum absolute atomic E-state index is 0.0112. The molecule has 0 unspecified atom stereocenters. The van der Waals surface area contributed by atoms with Gasteiger partial charge in [0.15, 0.2) is 0 Å². The molecule has 0 bridgehead atoms. The summed E-state index contributed by atoms with van der Waals surface area (Å²) < 4.78 is 26.5. The van der Waals surface area contributed by atoms with Crippen molar-refractivity contribution < 1.29 is 18.3 Å². The molecular weight excluding hydrogens is 300 g/mol. The van der Waals surface area contributed by atoms with Gasteiger partial charge in [-0.05, 0) is 25.8 Å². The first-order chi connectivity index (χ1) is 9.37. The maximum absolute atomic E-state index is 12.6. The molecule has 1 saturated carbocycles. The van der Waals surface area contributed by atoms with Crippen LogP contribution in [0.1, 0.15) is 33.8 Å². The van der Waals surface area contributed by atoms with E-state index < -0.39 is 16.0 Å². The van der Waals surface area contributed by atoms with Crippen LogP contribution in [0, 0.1) is 18.3 Å². The van der Waals surface area contributed by atoms with Gasteiger partial charge in [-0.15, -0.1) is 11.3 Å². The number of carboxylic acid groups (broad SMARTS) is 1. The average Bonchev–Trinajstić information content (AvgIpc) is 3.10. The zero-order valence-corrected chi connectivity index (χ0v) is 12.5. The Hall–Kier alpha value is -1.43. The number of thiophene rings is 1. The van der Waals surface area contributed by atoms with Crippen LogP contribution in [-0.2, 0) is 10.0 Å². The number of carboxylic acids is 1. The van der Waals surface area contributed by atoms with Crippen LogP contribution in [0.5, 0.6) is 0 Å². The van der Waals surface area contributed by atoms with Crippen LogP contribution in [-0.4, -0.2) is 36.4 Å². The van der Waals surface area contributed by atoms with Crippen molar-refractivity contribution in [1.82, 2.24) is 4.31 Å². The third-order valence-electron chi connectivity index (χ3n) is 3.07.